The van der Waals surface area contributed by atoms with Gasteiger partial charge >= 0.3 is 5.97 Å². The zero-order chi connectivity index (χ0) is 13.1. The van der Waals surface area contributed by atoms with Crippen molar-refractivity contribution in [2.75, 3.05) is 6.54 Å². The van der Waals surface area contributed by atoms with Crippen LogP contribution in [-0.4, -0.2) is 41.6 Å². The Morgan fingerprint density at radius 2 is 1.88 bits per heavy atom. The Morgan fingerprint density at radius 3 is 2.29 bits per heavy atom. The van der Waals surface area contributed by atoms with Crippen LogP contribution in [0.25, 0.3) is 0 Å². The molecular weight excluding hydrogens is 242 g/mol. The smallest absolute Gasteiger partial charge is 0.323 e. The van der Waals surface area contributed by atoms with Gasteiger partial charge in [0, 0.05) is 12.6 Å². The van der Waals surface area contributed by atoms with Gasteiger partial charge in [-0.05, 0) is 19.8 Å². The van der Waals surface area contributed by atoms with Gasteiger partial charge in [0.1, 0.15) is 0 Å². The molecule has 6 heteroatoms. The lowest BCUT2D eigenvalue weighted by atomic mass is 9.95. The van der Waals surface area contributed by atoms with Gasteiger partial charge in [0.2, 0.25) is 10.0 Å². The third-order valence-electron chi connectivity index (χ3n) is 3.42. The molecule has 0 heterocycles. The number of rotatable bonds is 5. The van der Waals surface area contributed by atoms with Crippen molar-refractivity contribution in [3.05, 3.63) is 0 Å². The zero-order valence-corrected chi connectivity index (χ0v) is 11.2. The van der Waals surface area contributed by atoms with Crippen LogP contribution in [0.3, 0.4) is 0 Å². The maximum Gasteiger partial charge on any atom is 0.323 e. The van der Waals surface area contributed by atoms with E-state index in [9.17, 15) is 13.2 Å². The summed E-state index contributed by atoms with van der Waals surface area (Å²) in [5.41, 5.74) is 0. The molecule has 1 rings (SSSR count). The summed E-state index contributed by atoms with van der Waals surface area (Å²) in [7, 11) is -3.72. The zero-order valence-electron chi connectivity index (χ0n) is 10.4. The molecule has 0 spiro atoms. The number of hydrogen-bond donors (Lipinski definition) is 1. The number of aliphatic carboxylic acids is 1. The summed E-state index contributed by atoms with van der Waals surface area (Å²) in [5, 5.41) is 7.50. The molecule has 0 aromatic heterocycles. The lowest BCUT2D eigenvalue weighted by Crippen LogP contribution is -2.47. The largest absolute Gasteiger partial charge is 0.480 e. The first-order valence-electron chi connectivity index (χ1n) is 6.14. The van der Waals surface area contributed by atoms with Crippen LogP contribution in [0, 0.1) is 0 Å². The normalized spacial score (nSPS) is 20.4. The van der Waals surface area contributed by atoms with E-state index in [-0.39, 0.29) is 6.04 Å². The lowest BCUT2D eigenvalue weighted by Gasteiger charge is -2.33. The molecular formula is C11H21NO4S. The third-order valence-corrected chi connectivity index (χ3v) is 5.72. The maximum atomic E-state index is 12.1. The minimum Gasteiger partial charge on any atom is -0.480 e. The van der Waals surface area contributed by atoms with E-state index in [1.807, 2.05) is 0 Å². The van der Waals surface area contributed by atoms with Crippen molar-refractivity contribution in [1.82, 2.24) is 4.31 Å². The second-order valence-corrected chi connectivity index (χ2v) is 6.73. The molecule has 1 unspecified atom stereocenters. The SMILES string of the molecule is CCN(C1CCCCC1)S(=O)(=O)C(C)C(=O)O. The Hall–Kier alpha value is -0.620. The molecule has 0 aliphatic heterocycles. The summed E-state index contributed by atoms with van der Waals surface area (Å²) < 4.78 is 25.7. The van der Waals surface area contributed by atoms with Gasteiger partial charge in [-0.2, -0.15) is 4.31 Å². The summed E-state index contributed by atoms with van der Waals surface area (Å²) in [6.45, 7) is 3.36. The molecule has 1 N–H and O–H groups in total. The first kappa shape index (κ1) is 14.4. The highest BCUT2D eigenvalue weighted by Gasteiger charge is 2.37. The number of nitrogens with zero attached hydrogens (tertiary/aromatic N) is 1. The molecule has 0 saturated heterocycles. The standard InChI is InChI=1S/C11H21NO4S/c1-3-12(10-7-5-4-6-8-10)17(15,16)9(2)11(13)14/h9-10H,3-8H2,1-2H3,(H,13,14). The van der Waals surface area contributed by atoms with Gasteiger partial charge in [0.05, 0.1) is 0 Å². The van der Waals surface area contributed by atoms with Crippen LogP contribution in [0.2, 0.25) is 0 Å². The molecule has 1 saturated carbocycles. The lowest BCUT2D eigenvalue weighted by molar-refractivity contribution is -0.136. The van der Waals surface area contributed by atoms with Crippen LogP contribution in [-0.2, 0) is 14.8 Å². The van der Waals surface area contributed by atoms with Gasteiger partial charge in [-0.3, -0.25) is 4.79 Å². The fourth-order valence-electron chi connectivity index (χ4n) is 2.35. The van der Waals surface area contributed by atoms with E-state index in [1.165, 1.54) is 11.2 Å². The molecule has 1 aliphatic rings. The van der Waals surface area contributed by atoms with Crippen LogP contribution >= 0.6 is 0 Å². The summed E-state index contributed by atoms with van der Waals surface area (Å²) in [5.74, 6) is -1.28. The maximum absolute atomic E-state index is 12.1. The van der Waals surface area contributed by atoms with Crippen molar-refractivity contribution in [1.29, 1.82) is 0 Å². The quantitative estimate of drug-likeness (QED) is 0.814. The number of carboxylic acids is 1. The first-order valence-corrected chi connectivity index (χ1v) is 7.65. The first-order chi connectivity index (χ1) is 7.91. The van der Waals surface area contributed by atoms with E-state index in [4.69, 9.17) is 5.11 Å². The van der Waals surface area contributed by atoms with Crippen LogP contribution in [0.4, 0.5) is 0 Å². The fraction of sp³-hybridized carbons (Fsp3) is 0.909. The molecule has 1 atom stereocenters. The molecule has 0 radical (unpaired) electrons. The minimum atomic E-state index is -3.72. The van der Waals surface area contributed by atoms with E-state index in [0.717, 1.165) is 32.1 Å². The third kappa shape index (κ3) is 3.19. The number of hydrogen-bond acceptors (Lipinski definition) is 3. The molecule has 0 amide bonds. The van der Waals surface area contributed by atoms with Gasteiger partial charge in [-0.15, -0.1) is 0 Å². The topological polar surface area (TPSA) is 74.7 Å². The second kappa shape index (κ2) is 5.82. The van der Waals surface area contributed by atoms with Crippen molar-refractivity contribution in [3.63, 3.8) is 0 Å². The highest BCUT2D eigenvalue weighted by Crippen LogP contribution is 2.26. The molecule has 17 heavy (non-hydrogen) atoms. The molecule has 5 nitrogen and oxygen atoms in total. The Kier molecular flexibility index (Phi) is 4.94. The van der Waals surface area contributed by atoms with Crippen LogP contribution < -0.4 is 0 Å². The van der Waals surface area contributed by atoms with Gasteiger partial charge in [-0.1, -0.05) is 26.2 Å². The van der Waals surface area contributed by atoms with Gasteiger partial charge in [0.15, 0.2) is 5.25 Å². The number of carbonyl (C=O) groups is 1. The molecule has 0 aromatic rings. The number of carboxylic acid groups (broad SMARTS) is 1. The summed E-state index contributed by atoms with van der Waals surface area (Å²) in [6, 6.07) is -0.0134. The fourth-order valence-corrected chi connectivity index (χ4v) is 3.99. The molecule has 1 fully saturated rings. The van der Waals surface area contributed by atoms with E-state index in [0.29, 0.717) is 6.54 Å². The predicted molar refractivity (Wildman–Crippen MR) is 65.3 cm³/mol. The van der Waals surface area contributed by atoms with Gasteiger partial charge in [-0.25, -0.2) is 8.42 Å². The monoisotopic (exact) mass is 263 g/mol. The van der Waals surface area contributed by atoms with E-state index < -0.39 is 21.2 Å². The van der Waals surface area contributed by atoms with E-state index in [2.05, 4.69) is 0 Å². The Balaban J connectivity index is 2.88. The van der Waals surface area contributed by atoms with Crippen molar-refractivity contribution in [2.24, 2.45) is 0 Å². The minimum absolute atomic E-state index is 0.0134. The average molecular weight is 263 g/mol. The summed E-state index contributed by atoms with van der Waals surface area (Å²) in [6.07, 6.45) is 4.89. The van der Waals surface area contributed by atoms with E-state index >= 15 is 0 Å². The molecule has 100 valence electrons. The highest BCUT2D eigenvalue weighted by molar-refractivity contribution is 7.90. The number of sulfonamides is 1. The predicted octanol–water partition coefficient (Wildman–Crippen LogP) is 1.44. The summed E-state index contributed by atoms with van der Waals surface area (Å²) >= 11 is 0. The Labute approximate surface area is 103 Å². The van der Waals surface area contributed by atoms with E-state index in [1.54, 1.807) is 6.92 Å². The van der Waals surface area contributed by atoms with Crippen molar-refractivity contribution in [3.8, 4) is 0 Å². The van der Waals surface area contributed by atoms with Gasteiger partial charge < -0.3 is 5.11 Å². The van der Waals surface area contributed by atoms with Gasteiger partial charge in [0.25, 0.3) is 0 Å². The van der Waals surface area contributed by atoms with Crippen LogP contribution in [0.15, 0.2) is 0 Å². The average Bonchev–Trinajstić information content (AvgIpc) is 2.29. The molecule has 0 aromatic carbocycles. The highest BCUT2D eigenvalue weighted by atomic mass is 32.2. The Morgan fingerprint density at radius 1 is 1.35 bits per heavy atom. The Bertz CT molecular complexity index is 360. The van der Waals surface area contributed by atoms with Crippen molar-refractivity contribution >= 4 is 16.0 Å². The van der Waals surface area contributed by atoms with Crippen molar-refractivity contribution < 1.29 is 18.3 Å². The van der Waals surface area contributed by atoms with Crippen molar-refractivity contribution in [2.45, 2.75) is 57.2 Å². The van der Waals surface area contributed by atoms with Crippen LogP contribution in [0.5, 0.6) is 0 Å². The molecule has 0 bridgehead atoms. The summed E-state index contributed by atoms with van der Waals surface area (Å²) in [4.78, 5) is 10.8. The second-order valence-electron chi connectivity index (χ2n) is 4.52. The van der Waals surface area contributed by atoms with Crippen LogP contribution in [0.1, 0.15) is 46.0 Å². The molecule has 1 aliphatic carbocycles.